The molecule has 1 unspecified atom stereocenters. The molecule has 28 heavy (non-hydrogen) atoms. The summed E-state index contributed by atoms with van der Waals surface area (Å²) in [6.07, 6.45) is 6.82. The molecule has 2 heterocycles. The topological polar surface area (TPSA) is 63.2 Å². The first-order valence-electron chi connectivity index (χ1n) is 9.35. The van der Waals surface area contributed by atoms with Gasteiger partial charge in [0.15, 0.2) is 5.78 Å². The van der Waals surface area contributed by atoms with Crippen molar-refractivity contribution >= 4 is 34.5 Å². The number of ketones is 1. The highest BCUT2D eigenvalue weighted by Crippen LogP contribution is 2.28. The van der Waals surface area contributed by atoms with E-state index in [-0.39, 0.29) is 17.6 Å². The lowest BCUT2D eigenvalue weighted by molar-refractivity contribution is 0.0637. The molecular formula is C22H21N3O2S. The van der Waals surface area contributed by atoms with Crippen molar-refractivity contribution in [3.63, 3.8) is 0 Å². The number of para-hydroxylation sites is 1. The maximum Gasteiger partial charge on any atom is 0.256 e. The van der Waals surface area contributed by atoms with Gasteiger partial charge >= 0.3 is 0 Å². The second kappa shape index (κ2) is 8.10. The highest BCUT2D eigenvalue weighted by Gasteiger charge is 2.31. The van der Waals surface area contributed by atoms with Crippen molar-refractivity contribution < 1.29 is 9.59 Å². The van der Waals surface area contributed by atoms with E-state index < -0.39 is 0 Å². The molecule has 4 rings (SSSR count). The fraction of sp³-hybridized carbons (Fsp3) is 0.273. The van der Waals surface area contributed by atoms with Gasteiger partial charge in [0.25, 0.3) is 5.91 Å². The van der Waals surface area contributed by atoms with Crippen molar-refractivity contribution in [1.29, 1.82) is 0 Å². The Morgan fingerprint density at radius 1 is 1.04 bits per heavy atom. The fourth-order valence-corrected chi connectivity index (χ4v) is 4.38. The molecule has 2 aromatic carbocycles. The normalized spacial score (nSPS) is 16.9. The molecule has 6 heteroatoms. The molecule has 0 N–H and O–H groups in total. The number of rotatable bonds is 4. The number of thioether (sulfide) groups is 1. The van der Waals surface area contributed by atoms with Crippen molar-refractivity contribution in [1.82, 2.24) is 14.9 Å². The summed E-state index contributed by atoms with van der Waals surface area (Å²) in [6, 6.07) is 13.2. The molecule has 1 aromatic heterocycles. The maximum atomic E-state index is 13.2. The van der Waals surface area contributed by atoms with Crippen molar-refractivity contribution in [2.45, 2.75) is 17.7 Å². The van der Waals surface area contributed by atoms with Crippen molar-refractivity contribution in [3.05, 3.63) is 66.0 Å². The van der Waals surface area contributed by atoms with Crippen LogP contribution in [-0.2, 0) is 0 Å². The quantitative estimate of drug-likeness (QED) is 0.495. The van der Waals surface area contributed by atoms with Crippen LogP contribution in [0.5, 0.6) is 0 Å². The number of carbonyl (C=O) groups is 2. The van der Waals surface area contributed by atoms with E-state index in [1.807, 2.05) is 42.7 Å². The molecule has 1 atom stereocenters. The number of amides is 1. The number of carbonyl (C=O) groups excluding carboxylic acids is 2. The van der Waals surface area contributed by atoms with Crippen LogP contribution in [-0.4, -0.2) is 45.9 Å². The van der Waals surface area contributed by atoms with Crippen LogP contribution in [0.2, 0.25) is 0 Å². The van der Waals surface area contributed by atoms with Gasteiger partial charge in [-0.15, -0.1) is 11.8 Å². The minimum Gasteiger partial charge on any atom is -0.338 e. The predicted octanol–water partition coefficient (Wildman–Crippen LogP) is 4.09. The molecule has 3 aromatic rings. The van der Waals surface area contributed by atoms with Gasteiger partial charge in [-0.05, 0) is 37.3 Å². The van der Waals surface area contributed by atoms with Gasteiger partial charge in [-0.1, -0.05) is 24.3 Å². The van der Waals surface area contributed by atoms with Crippen LogP contribution >= 0.6 is 11.8 Å². The smallest absolute Gasteiger partial charge is 0.256 e. The Balaban J connectivity index is 1.58. The lowest BCUT2D eigenvalue weighted by atomic mass is 9.89. The zero-order valence-corrected chi connectivity index (χ0v) is 16.5. The molecule has 1 saturated heterocycles. The molecule has 0 bridgehead atoms. The molecule has 5 nitrogen and oxygen atoms in total. The van der Waals surface area contributed by atoms with Crippen LogP contribution < -0.4 is 0 Å². The number of Topliss-reactive ketones (excluding diaryl/α,β-unsaturated/α-hetero) is 1. The molecule has 1 aliphatic rings. The largest absolute Gasteiger partial charge is 0.338 e. The SMILES string of the molecule is CSc1ccccc1C(=O)C1CCCN(C(=O)c2cccc3nccnc23)C1. The Hall–Kier alpha value is -2.73. The minimum atomic E-state index is -0.174. The van der Waals surface area contributed by atoms with Crippen molar-refractivity contribution in [2.75, 3.05) is 19.3 Å². The molecule has 1 amide bonds. The fourth-order valence-electron chi connectivity index (χ4n) is 3.78. The number of aromatic nitrogens is 2. The second-order valence-corrected chi connectivity index (χ2v) is 7.73. The monoisotopic (exact) mass is 391 g/mol. The van der Waals surface area contributed by atoms with E-state index in [1.54, 1.807) is 35.1 Å². The highest BCUT2D eigenvalue weighted by atomic mass is 32.2. The maximum absolute atomic E-state index is 13.2. The Morgan fingerprint density at radius 3 is 2.68 bits per heavy atom. The van der Waals surface area contributed by atoms with Crippen LogP contribution in [0, 0.1) is 5.92 Å². The summed E-state index contributed by atoms with van der Waals surface area (Å²) in [6.45, 7) is 1.10. The summed E-state index contributed by atoms with van der Waals surface area (Å²) in [7, 11) is 0. The van der Waals surface area contributed by atoms with E-state index >= 15 is 0 Å². The third-order valence-corrected chi connectivity index (χ3v) is 5.98. The van der Waals surface area contributed by atoms with Gasteiger partial charge in [0.1, 0.15) is 5.52 Å². The second-order valence-electron chi connectivity index (χ2n) is 6.88. The Morgan fingerprint density at radius 2 is 1.82 bits per heavy atom. The number of hydrogen-bond donors (Lipinski definition) is 0. The molecule has 1 aliphatic heterocycles. The highest BCUT2D eigenvalue weighted by molar-refractivity contribution is 7.98. The summed E-state index contributed by atoms with van der Waals surface area (Å²) in [4.78, 5) is 37.7. The summed E-state index contributed by atoms with van der Waals surface area (Å²) >= 11 is 1.58. The van der Waals surface area contributed by atoms with E-state index in [0.29, 0.717) is 29.7 Å². The van der Waals surface area contributed by atoms with Crippen LogP contribution in [0.25, 0.3) is 11.0 Å². The Bertz CT molecular complexity index is 1030. The van der Waals surface area contributed by atoms with Crippen LogP contribution in [0.4, 0.5) is 0 Å². The van der Waals surface area contributed by atoms with E-state index in [2.05, 4.69) is 9.97 Å². The molecule has 1 fully saturated rings. The van der Waals surface area contributed by atoms with E-state index in [0.717, 1.165) is 23.3 Å². The summed E-state index contributed by atoms with van der Waals surface area (Å²) in [5.74, 6) is -0.131. The predicted molar refractivity (Wildman–Crippen MR) is 111 cm³/mol. The third-order valence-electron chi connectivity index (χ3n) is 5.18. The molecule has 0 radical (unpaired) electrons. The van der Waals surface area contributed by atoms with Gasteiger partial charge < -0.3 is 4.90 Å². The summed E-state index contributed by atoms with van der Waals surface area (Å²) < 4.78 is 0. The van der Waals surface area contributed by atoms with Gasteiger partial charge in [-0.3, -0.25) is 19.6 Å². The number of piperidine rings is 1. The Kier molecular flexibility index (Phi) is 5.39. The number of nitrogens with zero attached hydrogens (tertiary/aromatic N) is 3. The molecule has 0 saturated carbocycles. The van der Waals surface area contributed by atoms with Gasteiger partial charge in [-0.2, -0.15) is 0 Å². The lowest BCUT2D eigenvalue weighted by Gasteiger charge is -2.32. The van der Waals surface area contributed by atoms with E-state index in [9.17, 15) is 9.59 Å². The number of likely N-dealkylation sites (tertiary alicyclic amines) is 1. The van der Waals surface area contributed by atoms with Crippen LogP contribution in [0.15, 0.2) is 59.8 Å². The van der Waals surface area contributed by atoms with Crippen molar-refractivity contribution in [2.24, 2.45) is 5.92 Å². The first-order chi connectivity index (χ1) is 13.7. The summed E-state index contributed by atoms with van der Waals surface area (Å²) in [5.41, 5.74) is 2.61. The molecule has 0 aliphatic carbocycles. The molecule has 0 spiro atoms. The van der Waals surface area contributed by atoms with Gasteiger partial charge in [0, 0.05) is 41.9 Å². The lowest BCUT2D eigenvalue weighted by Crippen LogP contribution is -2.42. The van der Waals surface area contributed by atoms with Gasteiger partial charge in [-0.25, -0.2) is 0 Å². The van der Waals surface area contributed by atoms with Gasteiger partial charge in [0.2, 0.25) is 0 Å². The van der Waals surface area contributed by atoms with Crippen LogP contribution in [0.3, 0.4) is 0 Å². The van der Waals surface area contributed by atoms with Crippen LogP contribution in [0.1, 0.15) is 33.6 Å². The number of benzene rings is 2. The minimum absolute atomic E-state index is 0.0817. The zero-order valence-electron chi connectivity index (χ0n) is 15.7. The third kappa shape index (κ3) is 3.52. The van der Waals surface area contributed by atoms with Gasteiger partial charge in [0.05, 0.1) is 11.1 Å². The summed E-state index contributed by atoms with van der Waals surface area (Å²) in [5, 5.41) is 0. The average Bonchev–Trinajstić information content (AvgIpc) is 2.77. The van der Waals surface area contributed by atoms with E-state index in [1.165, 1.54) is 0 Å². The standard InChI is InChI=1S/C22H21N3O2S/c1-28-19-10-3-2-7-16(19)21(26)15-6-5-13-25(14-15)22(27)17-8-4-9-18-20(17)24-12-11-23-18/h2-4,7-12,15H,5-6,13-14H2,1H3. The zero-order chi connectivity index (χ0) is 19.5. The molecule has 142 valence electrons. The first kappa shape index (κ1) is 18.6. The number of hydrogen-bond acceptors (Lipinski definition) is 5. The Labute approximate surface area is 168 Å². The van der Waals surface area contributed by atoms with Crippen molar-refractivity contribution in [3.8, 4) is 0 Å². The molecular weight excluding hydrogens is 370 g/mol. The average molecular weight is 391 g/mol. The number of fused-ring (bicyclic) bond motifs is 1. The first-order valence-corrected chi connectivity index (χ1v) is 10.6. The van der Waals surface area contributed by atoms with E-state index in [4.69, 9.17) is 0 Å².